The first-order valence-corrected chi connectivity index (χ1v) is 11.7. The molecule has 1 atom stereocenters. The standard InChI is InChI=1S/C23H26FN3O4S/c1-23(2,3)31-22(30)25(4)13-7-8-26(11-13)17-10-16-14(9-15(17)24)19(28)18-20(32-21(18)29)27(16)12-5-6-12/h9-10,12-13H,5-8,11H2,1-4H3. The van der Waals surface area contributed by atoms with E-state index in [0.29, 0.717) is 35.7 Å². The van der Waals surface area contributed by atoms with Crippen LogP contribution >= 0.6 is 11.8 Å². The summed E-state index contributed by atoms with van der Waals surface area (Å²) in [6.07, 6.45) is 2.26. The maximum absolute atomic E-state index is 15.2. The molecule has 0 N–H and O–H groups in total. The van der Waals surface area contributed by atoms with Crippen molar-refractivity contribution in [1.82, 2.24) is 9.47 Å². The Hall–Kier alpha value is -2.55. The molecule has 1 aliphatic carbocycles. The number of pyridine rings is 1. The molecule has 1 amide bonds. The molecular formula is C23H26FN3O4S. The van der Waals surface area contributed by atoms with Crippen molar-refractivity contribution in [3.8, 4) is 0 Å². The fourth-order valence-electron chi connectivity index (χ4n) is 4.46. The van der Waals surface area contributed by atoms with E-state index < -0.39 is 17.5 Å². The van der Waals surface area contributed by atoms with E-state index in [-0.39, 0.29) is 33.6 Å². The first-order valence-electron chi connectivity index (χ1n) is 10.9. The third-order valence-electron chi connectivity index (χ3n) is 6.27. The number of nitrogens with zero attached hydrogens (tertiary/aromatic N) is 3. The molecule has 7 nitrogen and oxygen atoms in total. The number of hydrogen-bond donors (Lipinski definition) is 0. The van der Waals surface area contributed by atoms with Gasteiger partial charge in [-0.05, 0) is 63.9 Å². The fourth-order valence-corrected chi connectivity index (χ4v) is 5.41. The first-order chi connectivity index (χ1) is 15.0. The van der Waals surface area contributed by atoms with Gasteiger partial charge in [0.2, 0.25) is 10.5 Å². The number of anilines is 1. The van der Waals surface area contributed by atoms with Crippen molar-refractivity contribution in [1.29, 1.82) is 0 Å². The lowest BCUT2D eigenvalue weighted by atomic mass is 10.1. The summed E-state index contributed by atoms with van der Waals surface area (Å²) in [4.78, 5) is 40.8. The second-order valence-electron chi connectivity index (χ2n) is 9.80. The molecule has 1 aromatic carbocycles. The largest absolute Gasteiger partial charge is 0.444 e. The number of halogens is 1. The topological polar surface area (TPSA) is 71.8 Å². The van der Waals surface area contributed by atoms with E-state index in [9.17, 15) is 14.4 Å². The van der Waals surface area contributed by atoms with Crippen LogP contribution in [-0.2, 0) is 4.74 Å². The summed E-state index contributed by atoms with van der Waals surface area (Å²) in [5.41, 5.74) is 0.326. The summed E-state index contributed by atoms with van der Waals surface area (Å²) >= 11 is 1.09. The minimum atomic E-state index is -0.582. The number of hydrogen-bond acceptors (Lipinski definition) is 6. The van der Waals surface area contributed by atoms with Gasteiger partial charge in [-0.25, -0.2) is 9.18 Å². The molecule has 5 rings (SSSR count). The summed E-state index contributed by atoms with van der Waals surface area (Å²) in [7, 11) is 1.71. The van der Waals surface area contributed by atoms with E-state index in [1.807, 2.05) is 30.2 Å². The lowest BCUT2D eigenvalue weighted by Crippen LogP contribution is -2.42. The second kappa shape index (κ2) is 7.23. The molecule has 0 bridgehead atoms. The highest BCUT2D eigenvalue weighted by molar-refractivity contribution is 8.16. The quantitative estimate of drug-likeness (QED) is 0.686. The second-order valence-corrected chi connectivity index (χ2v) is 10.8. The summed E-state index contributed by atoms with van der Waals surface area (Å²) in [5.74, 6) is -0.489. The molecule has 1 unspecified atom stereocenters. The zero-order valence-corrected chi connectivity index (χ0v) is 19.4. The van der Waals surface area contributed by atoms with Crippen molar-refractivity contribution < 1.29 is 18.7 Å². The van der Waals surface area contributed by atoms with Gasteiger partial charge in [0.1, 0.15) is 17.0 Å². The van der Waals surface area contributed by atoms with Gasteiger partial charge in [0.15, 0.2) is 0 Å². The lowest BCUT2D eigenvalue weighted by molar-refractivity contribution is 0.0238. The van der Waals surface area contributed by atoms with Crippen LogP contribution in [0.4, 0.5) is 14.9 Å². The van der Waals surface area contributed by atoms with Gasteiger partial charge >= 0.3 is 6.09 Å². The van der Waals surface area contributed by atoms with Crippen LogP contribution in [0.3, 0.4) is 0 Å². The van der Waals surface area contributed by atoms with Gasteiger partial charge in [-0.3, -0.25) is 9.59 Å². The number of thioether (sulfide) groups is 1. The fraction of sp³-hybridized carbons (Fsp3) is 0.522. The van der Waals surface area contributed by atoms with E-state index in [2.05, 4.69) is 0 Å². The SMILES string of the molecule is CN(C(=O)OC(C)(C)C)C1CCN(c2cc3c(cc2F)c(=O)c2c(n3C3CC3)SC2=O)C1. The number of carbonyl (C=O) groups is 2. The maximum Gasteiger partial charge on any atom is 0.410 e. The van der Waals surface area contributed by atoms with Gasteiger partial charge in [-0.2, -0.15) is 0 Å². The number of carbonyl (C=O) groups excluding carboxylic acids is 2. The van der Waals surface area contributed by atoms with Gasteiger partial charge in [0, 0.05) is 31.6 Å². The Kier molecular flexibility index (Phi) is 4.81. The zero-order chi connectivity index (χ0) is 22.9. The number of ether oxygens (including phenoxy) is 1. The van der Waals surface area contributed by atoms with Crippen LogP contribution in [0.15, 0.2) is 22.0 Å². The number of rotatable bonds is 3. The van der Waals surface area contributed by atoms with Crippen molar-refractivity contribution in [2.45, 2.75) is 62.7 Å². The van der Waals surface area contributed by atoms with Crippen LogP contribution in [0.25, 0.3) is 10.9 Å². The highest BCUT2D eigenvalue weighted by Gasteiger charge is 2.39. The normalized spacial score (nSPS) is 20.3. The average Bonchev–Trinajstić information content (AvgIpc) is 3.41. The monoisotopic (exact) mass is 459 g/mol. The molecule has 3 heterocycles. The molecule has 0 spiro atoms. The Morgan fingerprint density at radius 1 is 1.22 bits per heavy atom. The predicted molar refractivity (Wildman–Crippen MR) is 121 cm³/mol. The van der Waals surface area contributed by atoms with E-state index in [0.717, 1.165) is 24.6 Å². The third kappa shape index (κ3) is 3.46. The molecule has 9 heteroatoms. The van der Waals surface area contributed by atoms with Crippen molar-refractivity contribution in [2.24, 2.45) is 0 Å². The summed E-state index contributed by atoms with van der Waals surface area (Å²) in [5, 5.41) is 0.724. The van der Waals surface area contributed by atoms with E-state index in [1.54, 1.807) is 18.0 Å². The maximum atomic E-state index is 15.2. The van der Waals surface area contributed by atoms with Crippen LogP contribution in [0, 0.1) is 5.82 Å². The third-order valence-corrected chi connectivity index (χ3v) is 7.25. The number of amides is 1. The number of likely N-dealkylation sites (N-methyl/N-ethyl adjacent to an activating group) is 1. The Labute approximate surface area is 189 Å². The minimum absolute atomic E-state index is 0.101. The number of fused-ring (bicyclic) bond motifs is 2. The van der Waals surface area contributed by atoms with Crippen molar-refractivity contribution >= 4 is 39.6 Å². The minimum Gasteiger partial charge on any atom is -0.444 e. The van der Waals surface area contributed by atoms with Gasteiger partial charge in [-0.15, -0.1) is 0 Å². The summed E-state index contributed by atoms with van der Waals surface area (Å²) in [6.45, 7) is 6.54. The Morgan fingerprint density at radius 3 is 2.56 bits per heavy atom. The number of aromatic nitrogens is 1. The van der Waals surface area contributed by atoms with Crippen molar-refractivity contribution in [3.05, 3.63) is 33.7 Å². The Balaban J connectivity index is 1.48. The molecule has 1 saturated carbocycles. The van der Waals surface area contributed by atoms with Crippen LogP contribution < -0.4 is 10.3 Å². The van der Waals surface area contributed by atoms with E-state index >= 15 is 4.39 Å². The van der Waals surface area contributed by atoms with E-state index in [4.69, 9.17) is 4.74 Å². The summed E-state index contributed by atoms with van der Waals surface area (Å²) < 4.78 is 22.7. The Bertz CT molecular complexity index is 1210. The molecule has 1 saturated heterocycles. The number of benzene rings is 1. The van der Waals surface area contributed by atoms with Gasteiger partial charge in [0.05, 0.1) is 22.3 Å². The highest BCUT2D eigenvalue weighted by Crippen LogP contribution is 2.46. The van der Waals surface area contributed by atoms with Crippen molar-refractivity contribution in [3.63, 3.8) is 0 Å². The smallest absolute Gasteiger partial charge is 0.410 e. The molecule has 1 aromatic heterocycles. The van der Waals surface area contributed by atoms with Crippen LogP contribution in [0.2, 0.25) is 0 Å². The van der Waals surface area contributed by atoms with Crippen molar-refractivity contribution in [2.75, 3.05) is 25.0 Å². The molecular weight excluding hydrogens is 433 g/mol. The molecule has 2 aromatic rings. The molecule has 170 valence electrons. The summed E-state index contributed by atoms with van der Waals surface area (Å²) in [6, 6.07) is 3.16. The Morgan fingerprint density at radius 2 is 1.94 bits per heavy atom. The van der Waals surface area contributed by atoms with Crippen LogP contribution in [0.1, 0.15) is 56.4 Å². The van der Waals surface area contributed by atoms with Gasteiger partial charge in [-0.1, -0.05) is 0 Å². The molecule has 2 aliphatic heterocycles. The first kappa shape index (κ1) is 21.3. The van der Waals surface area contributed by atoms with E-state index in [1.165, 1.54) is 6.07 Å². The average molecular weight is 460 g/mol. The zero-order valence-electron chi connectivity index (χ0n) is 18.6. The molecule has 0 radical (unpaired) electrons. The lowest BCUT2D eigenvalue weighted by Gasteiger charge is -2.29. The van der Waals surface area contributed by atoms with Crippen LogP contribution in [-0.4, -0.2) is 52.5 Å². The highest BCUT2D eigenvalue weighted by atomic mass is 32.2. The van der Waals surface area contributed by atoms with Crippen LogP contribution in [0.5, 0.6) is 0 Å². The molecule has 32 heavy (non-hydrogen) atoms. The predicted octanol–water partition coefficient (Wildman–Crippen LogP) is 4.17. The molecule has 2 fully saturated rings. The van der Waals surface area contributed by atoms with Gasteiger partial charge in [0.25, 0.3) is 0 Å². The van der Waals surface area contributed by atoms with Gasteiger partial charge < -0.3 is 19.1 Å². The molecule has 3 aliphatic rings.